The van der Waals surface area contributed by atoms with Gasteiger partial charge in [-0.05, 0) is 40.2 Å². The monoisotopic (exact) mass is 514 g/mol. The first-order valence-corrected chi connectivity index (χ1v) is 13.0. The lowest BCUT2D eigenvalue weighted by atomic mass is 9.98. The number of rotatable bonds is 11. The highest BCUT2D eigenvalue weighted by Crippen LogP contribution is 2.44. The summed E-state index contributed by atoms with van der Waals surface area (Å²) in [7, 11) is 0. The van der Waals surface area contributed by atoms with Crippen LogP contribution < -0.4 is 5.32 Å². The van der Waals surface area contributed by atoms with E-state index in [0.717, 1.165) is 27.8 Å². The number of fused-ring (bicyclic) bond motifs is 3. The van der Waals surface area contributed by atoms with Crippen LogP contribution in [0.15, 0.2) is 78.9 Å². The van der Waals surface area contributed by atoms with Crippen molar-refractivity contribution in [2.75, 3.05) is 13.2 Å². The highest BCUT2D eigenvalue weighted by molar-refractivity contribution is 5.86. The van der Waals surface area contributed by atoms with E-state index in [4.69, 9.17) is 4.74 Å². The Bertz CT molecular complexity index is 1230. The molecule has 3 aromatic carbocycles. The number of nitrogens with one attached hydrogen (secondary N) is 1. The molecule has 0 bridgehead atoms. The summed E-state index contributed by atoms with van der Waals surface area (Å²) in [5.74, 6) is -1.27. The number of carboxylic acids is 1. The third-order valence-electron chi connectivity index (χ3n) is 6.76. The Kier molecular flexibility index (Phi) is 8.79. The van der Waals surface area contributed by atoms with Gasteiger partial charge in [0.15, 0.2) is 0 Å². The highest BCUT2D eigenvalue weighted by atomic mass is 16.5. The van der Waals surface area contributed by atoms with E-state index < -0.39 is 18.1 Å². The average molecular weight is 515 g/mol. The number of amides is 2. The van der Waals surface area contributed by atoms with Crippen molar-refractivity contribution in [2.45, 2.75) is 45.2 Å². The molecule has 2 amide bonds. The molecule has 1 aliphatic carbocycles. The molecule has 38 heavy (non-hydrogen) atoms. The number of carbonyl (C=O) groups is 3. The van der Waals surface area contributed by atoms with E-state index in [-0.39, 0.29) is 43.9 Å². The lowest BCUT2D eigenvalue weighted by Gasteiger charge is -2.28. The first-order valence-electron chi connectivity index (χ1n) is 13.0. The molecule has 1 atom stereocenters. The molecule has 7 heteroatoms. The third kappa shape index (κ3) is 6.59. The zero-order valence-corrected chi connectivity index (χ0v) is 21.8. The lowest BCUT2D eigenvalue weighted by Crippen LogP contribution is -2.49. The third-order valence-corrected chi connectivity index (χ3v) is 6.76. The summed E-state index contributed by atoms with van der Waals surface area (Å²) in [4.78, 5) is 39.3. The van der Waals surface area contributed by atoms with Crippen molar-refractivity contribution in [2.24, 2.45) is 5.92 Å². The number of nitrogens with zero attached hydrogens (tertiary/aromatic N) is 1. The van der Waals surface area contributed by atoms with Crippen LogP contribution >= 0.6 is 0 Å². The zero-order chi connectivity index (χ0) is 27.1. The maximum Gasteiger partial charge on any atom is 0.407 e. The minimum Gasteiger partial charge on any atom is -0.481 e. The number of benzene rings is 3. The molecule has 1 unspecified atom stereocenters. The van der Waals surface area contributed by atoms with Gasteiger partial charge in [0, 0.05) is 19.0 Å². The SMILES string of the molecule is CC(C)CC(NC(=O)OCC1c2ccccc2-c2ccccc21)C(=O)N(CCC(=O)O)Cc1ccccc1. The van der Waals surface area contributed by atoms with Gasteiger partial charge >= 0.3 is 12.1 Å². The number of carbonyl (C=O) groups excluding carboxylic acids is 2. The fourth-order valence-corrected chi connectivity index (χ4v) is 5.00. The van der Waals surface area contributed by atoms with Gasteiger partial charge in [0.2, 0.25) is 5.91 Å². The van der Waals surface area contributed by atoms with Crippen molar-refractivity contribution < 1.29 is 24.2 Å². The van der Waals surface area contributed by atoms with Crippen LogP contribution in [0.4, 0.5) is 4.79 Å². The van der Waals surface area contributed by atoms with Crippen molar-refractivity contribution in [1.29, 1.82) is 0 Å². The second kappa shape index (κ2) is 12.4. The predicted octanol–water partition coefficient (Wildman–Crippen LogP) is 5.44. The Morgan fingerprint density at radius 3 is 2.05 bits per heavy atom. The van der Waals surface area contributed by atoms with Gasteiger partial charge in [-0.3, -0.25) is 9.59 Å². The molecule has 0 saturated heterocycles. The number of hydrogen-bond acceptors (Lipinski definition) is 4. The van der Waals surface area contributed by atoms with Crippen molar-refractivity contribution in [1.82, 2.24) is 10.2 Å². The number of hydrogen-bond donors (Lipinski definition) is 2. The highest BCUT2D eigenvalue weighted by Gasteiger charge is 2.31. The largest absolute Gasteiger partial charge is 0.481 e. The summed E-state index contributed by atoms with van der Waals surface area (Å²) in [5.41, 5.74) is 5.38. The van der Waals surface area contributed by atoms with Gasteiger partial charge in [-0.25, -0.2) is 4.79 Å². The van der Waals surface area contributed by atoms with Crippen LogP contribution in [0.2, 0.25) is 0 Å². The molecule has 7 nitrogen and oxygen atoms in total. The molecular formula is C31H34N2O5. The van der Waals surface area contributed by atoms with Crippen LogP contribution in [0.3, 0.4) is 0 Å². The molecule has 0 aromatic heterocycles. The van der Waals surface area contributed by atoms with Gasteiger partial charge in [0.25, 0.3) is 0 Å². The van der Waals surface area contributed by atoms with Gasteiger partial charge in [-0.15, -0.1) is 0 Å². The summed E-state index contributed by atoms with van der Waals surface area (Å²) in [6.07, 6.45) is -0.442. The Morgan fingerprint density at radius 2 is 1.47 bits per heavy atom. The van der Waals surface area contributed by atoms with Gasteiger partial charge in [-0.1, -0.05) is 92.7 Å². The number of ether oxygens (including phenoxy) is 1. The Labute approximate surface area is 223 Å². The summed E-state index contributed by atoms with van der Waals surface area (Å²) in [6.45, 7) is 4.39. The second-order valence-corrected chi connectivity index (χ2v) is 10.0. The predicted molar refractivity (Wildman–Crippen MR) is 146 cm³/mol. The van der Waals surface area contributed by atoms with Crippen molar-refractivity contribution in [3.63, 3.8) is 0 Å². The molecule has 0 heterocycles. The van der Waals surface area contributed by atoms with E-state index in [1.807, 2.05) is 68.4 Å². The first kappa shape index (κ1) is 26.9. The molecule has 4 rings (SSSR count). The quantitative estimate of drug-likeness (QED) is 0.355. The molecule has 2 N–H and O–H groups in total. The fourth-order valence-electron chi connectivity index (χ4n) is 5.00. The van der Waals surface area contributed by atoms with Gasteiger partial charge in [0.1, 0.15) is 12.6 Å². The van der Waals surface area contributed by atoms with Gasteiger partial charge < -0.3 is 20.1 Å². The van der Waals surface area contributed by atoms with Crippen LogP contribution in [0.5, 0.6) is 0 Å². The average Bonchev–Trinajstić information content (AvgIpc) is 3.23. The molecule has 0 aliphatic heterocycles. The number of carboxylic acid groups (broad SMARTS) is 1. The standard InChI is InChI=1S/C31H34N2O5/c1-21(2)18-28(30(36)33(17-16-29(34)35)19-22-10-4-3-5-11-22)32-31(37)38-20-27-25-14-8-6-12-23(25)24-13-7-9-15-26(24)27/h3-15,21,27-28H,16-20H2,1-2H3,(H,32,37)(H,34,35). The molecular weight excluding hydrogens is 480 g/mol. The van der Waals surface area contributed by atoms with Crippen LogP contribution in [0.25, 0.3) is 11.1 Å². The van der Waals surface area contributed by atoms with Crippen LogP contribution in [0.1, 0.15) is 49.3 Å². The smallest absolute Gasteiger partial charge is 0.407 e. The minimum absolute atomic E-state index is 0.0457. The van der Waals surface area contributed by atoms with Crippen LogP contribution in [-0.4, -0.2) is 47.2 Å². The second-order valence-electron chi connectivity index (χ2n) is 10.0. The Hall–Kier alpha value is -4.13. The maximum atomic E-state index is 13.6. The van der Waals surface area contributed by atoms with E-state index in [0.29, 0.717) is 6.42 Å². The normalized spacial score (nSPS) is 12.9. The van der Waals surface area contributed by atoms with Crippen LogP contribution in [0, 0.1) is 5.92 Å². The summed E-state index contributed by atoms with van der Waals surface area (Å²) < 4.78 is 5.68. The molecule has 0 fully saturated rings. The minimum atomic E-state index is -0.985. The fraction of sp³-hybridized carbons (Fsp3) is 0.323. The molecule has 0 spiro atoms. The molecule has 0 radical (unpaired) electrons. The Balaban J connectivity index is 1.46. The summed E-state index contributed by atoms with van der Waals surface area (Å²) >= 11 is 0. The Morgan fingerprint density at radius 1 is 0.895 bits per heavy atom. The van der Waals surface area contributed by atoms with E-state index >= 15 is 0 Å². The van der Waals surface area contributed by atoms with E-state index in [2.05, 4.69) is 29.6 Å². The molecule has 0 saturated carbocycles. The molecule has 1 aliphatic rings. The van der Waals surface area contributed by atoms with Gasteiger partial charge in [0.05, 0.1) is 6.42 Å². The molecule has 198 valence electrons. The first-order chi connectivity index (χ1) is 18.3. The van der Waals surface area contributed by atoms with E-state index in [1.54, 1.807) is 0 Å². The number of alkyl carbamates (subject to hydrolysis) is 1. The zero-order valence-electron chi connectivity index (χ0n) is 21.8. The van der Waals surface area contributed by atoms with Gasteiger partial charge in [-0.2, -0.15) is 0 Å². The van der Waals surface area contributed by atoms with Crippen molar-refractivity contribution >= 4 is 18.0 Å². The van der Waals surface area contributed by atoms with Crippen LogP contribution in [-0.2, 0) is 20.9 Å². The molecule has 3 aromatic rings. The van der Waals surface area contributed by atoms with E-state index in [1.165, 1.54) is 4.90 Å². The van der Waals surface area contributed by atoms with Crippen molar-refractivity contribution in [3.05, 3.63) is 95.6 Å². The van der Waals surface area contributed by atoms with E-state index in [9.17, 15) is 19.5 Å². The number of aliphatic carboxylic acids is 1. The van der Waals surface area contributed by atoms with Crippen molar-refractivity contribution in [3.8, 4) is 11.1 Å². The topological polar surface area (TPSA) is 95.9 Å². The maximum absolute atomic E-state index is 13.6. The summed E-state index contributed by atoms with van der Waals surface area (Å²) in [5, 5.41) is 12.0. The summed E-state index contributed by atoms with van der Waals surface area (Å²) in [6, 6.07) is 24.8. The lowest BCUT2D eigenvalue weighted by molar-refractivity contribution is -0.139.